The number of nitrogen functional groups attached to an aromatic ring is 1. The summed E-state index contributed by atoms with van der Waals surface area (Å²) in [4.78, 5) is -0.556. The van der Waals surface area contributed by atoms with Crippen LogP contribution in [-0.2, 0) is 10.0 Å². The molecule has 2 rings (SSSR count). The standard InChI is InChI=1S/C13H11BrF2N2O2S/c1-7-4-9(14)10(15)6-12(7)18-21(19,20)13-3-2-8(17)5-11(13)16/h2-6,18H,17H2,1H3. The van der Waals surface area contributed by atoms with Gasteiger partial charge in [-0.1, -0.05) is 0 Å². The molecule has 0 saturated carbocycles. The Labute approximate surface area is 129 Å². The minimum absolute atomic E-state index is 0.0342. The second kappa shape index (κ2) is 5.61. The predicted molar refractivity (Wildman–Crippen MR) is 80.5 cm³/mol. The first-order chi connectivity index (χ1) is 9.70. The fourth-order valence-corrected chi connectivity index (χ4v) is 3.33. The first-order valence-corrected chi connectivity index (χ1v) is 8.02. The van der Waals surface area contributed by atoms with Gasteiger partial charge < -0.3 is 5.73 Å². The topological polar surface area (TPSA) is 72.2 Å². The number of sulfonamides is 1. The molecule has 0 aliphatic rings. The van der Waals surface area contributed by atoms with E-state index in [-0.39, 0.29) is 15.8 Å². The van der Waals surface area contributed by atoms with E-state index in [2.05, 4.69) is 20.7 Å². The zero-order chi connectivity index (χ0) is 15.8. The molecule has 8 heteroatoms. The van der Waals surface area contributed by atoms with E-state index in [9.17, 15) is 17.2 Å². The van der Waals surface area contributed by atoms with Gasteiger partial charge in [-0.2, -0.15) is 0 Å². The van der Waals surface area contributed by atoms with Crippen LogP contribution in [0, 0.1) is 18.6 Å². The molecule has 0 radical (unpaired) electrons. The second-order valence-corrected chi connectivity index (χ2v) is 6.88. The number of rotatable bonds is 3. The number of aryl methyl sites for hydroxylation is 1. The number of nitrogens with one attached hydrogen (secondary N) is 1. The molecule has 4 nitrogen and oxygen atoms in total. The second-order valence-electron chi connectivity index (χ2n) is 4.38. The lowest BCUT2D eigenvalue weighted by atomic mass is 10.2. The Bertz CT molecular complexity index is 810. The monoisotopic (exact) mass is 376 g/mol. The molecule has 2 aromatic carbocycles. The molecule has 0 aromatic heterocycles. The van der Waals surface area contributed by atoms with Gasteiger partial charge in [0.05, 0.1) is 10.2 Å². The zero-order valence-corrected chi connectivity index (χ0v) is 13.2. The Balaban J connectivity index is 2.45. The van der Waals surface area contributed by atoms with Gasteiger partial charge in [0.15, 0.2) is 0 Å². The number of anilines is 2. The van der Waals surface area contributed by atoms with Crippen LogP contribution in [0.15, 0.2) is 39.7 Å². The van der Waals surface area contributed by atoms with Gasteiger partial charge in [0.1, 0.15) is 16.5 Å². The molecule has 0 bridgehead atoms. The van der Waals surface area contributed by atoms with Crippen LogP contribution in [0.25, 0.3) is 0 Å². The SMILES string of the molecule is Cc1cc(Br)c(F)cc1NS(=O)(=O)c1ccc(N)cc1F. The molecule has 0 heterocycles. The van der Waals surface area contributed by atoms with Crippen LogP contribution in [0.1, 0.15) is 5.56 Å². The van der Waals surface area contributed by atoms with Gasteiger partial charge >= 0.3 is 0 Å². The van der Waals surface area contributed by atoms with E-state index in [1.165, 1.54) is 12.1 Å². The molecule has 0 atom stereocenters. The lowest BCUT2D eigenvalue weighted by Gasteiger charge is -2.12. The van der Waals surface area contributed by atoms with E-state index in [0.717, 1.165) is 18.2 Å². The lowest BCUT2D eigenvalue weighted by molar-refractivity contribution is 0.570. The Kier molecular flexibility index (Phi) is 4.20. The van der Waals surface area contributed by atoms with Gasteiger partial charge in [0.2, 0.25) is 0 Å². The summed E-state index contributed by atoms with van der Waals surface area (Å²) in [6.07, 6.45) is 0. The Hall–Kier alpha value is -1.67. The van der Waals surface area contributed by atoms with Crippen molar-refractivity contribution < 1.29 is 17.2 Å². The van der Waals surface area contributed by atoms with Gasteiger partial charge in [-0.25, -0.2) is 17.2 Å². The van der Waals surface area contributed by atoms with Gasteiger partial charge in [0.25, 0.3) is 10.0 Å². The fraction of sp³-hybridized carbons (Fsp3) is 0.0769. The molecular formula is C13H11BrF2N2O2S. The summed E-state index contributed by atoms with van der Waals surface area (Å²) in [5, 5.41) is 0. The molecule has 0 aliphatic carbocycles. The summed E-state index contributed by atoms with van der Waals surface area (Å²) in [7, 11) is -4.18. The average Bonchev–Trinajstić information content (AvgIpc) is 2.35. The van der Waals surface area contributed by atoms with E-state index in [1.54, 1.807) is 6.92 Å². The predicted octanol–water partition coefficient (Wildman–Crippen LogP) is 3.42. The molecule has 0 saturated heterocycles. The Morgan fingerprint density at radius 3 is 2.43 bits per heavy atom. The smallest absolute Gasteiger partial charge is 0.264 e. The highest BCUT2D eigenvalue weighted by molar-refractivity contribution is 9.10. The highest BCUT2D eigenvalue weighted by Gasteiger charge is 2.20. The summed E-state index contributed by atoms with van der Waals surface area (Å²) < 4.78 is 53.9. The van der Waals surface area contributed by atoms with Crippen molar-refractivity contribution in [2.45, 2.75) is 11.8 Å². The maximum absolute atomic E-state index is 13.7. The maximum atomic E-state index is 13.7. The van der Waals surface area contributed by atoms with E-state index >= 15 is 0 Å². The molecule has 2 aromatic rings. The molecular weight excluding hydrogens is 366 g/mol. The zero-order valence-electron chi connectivity index (χ0n) is 10.8. The summed E-state index contributed by atoms with van der Waals surface area (Å²) in [6, 6.07) is 5.67. The summed E-state index contributed by atoms with van der Waals surface area (Å²) in [6.45, 7) is 1.60. The van der Waals surface area contributed by atoms with Crippen LogP contribution in [0.5, 0.6) is 0 Å². The number of benzene rings is 2. The van der Waals surface area contributed by atoms with Gasteiger partial charge in [0, 0.05) is 5.69 Å². The third-order valence-corrected chi connectivity index (χ3v) is 4.76. The van der Waals surface area contributed by atoms with E-state index < -0.39 is 26.6 Å². The quantitative estimate of drug-likeness (QED) is 0.806. The molecule has 0 unspecified atom stereocenters. The van der Waals surface area contributed by atoms with Crippen molar-refractivity contribution in [3.05, 3.63) is 52.0 Å². The maximum Gasteiger partial charge on any atom is 0.264 e. The number of halogens is 3. The van der Waals surface area contributed by atoms with Gasteiger partial charge in [-0.05, 0) is 58.7 Å². The van der Waals surface area contributed by atoms with Crippen LogP contribution in [0.4, 0.5) is 20.2 Å². The molecule has 0 fully saturated rings. The van der Waals surface area contributed by atoms with Gasteiger partial charge in [-0.15, -0.1) is 0 Å². The van der Waals surface area contributed by atoms with E-state index in [1.807, 2.05) is 0 Å². The van der Waals surface area contributed by atoms with Crippen molar-refractivity contribution in [2.24, 2.45) is 0 Å². The number of hydrogen-bond donors (Lipinski definition) is 2. The molecule has 0 spiro atoms. The van der Waals surface area contributed by atoms with Crippen molar-refractivity contribution >= 4 is 37.3 Å². The summed E-state index contributed by atoms with van der Waals surface area (Å²) >= 11 is 3.00. The Morgan fingerprint density at radius 1 is 1.14 bits per heavy atom. The van der Waals surface area contributed by atoms with Crippen LogP contribution in [0.3, 0.4) is 0 Å². The molecule has 3 N–H and O–H groups in total. The average molecular weight is 377 g/mol. The first kappa shape index (κ1) is 15.7. The third-order valence-electron chi connectivity index (χ3n) is 2.76. The largest absolute Gasteiger partial charge is 0.399 e. The van der Waals surface area contributed by atoms with Crippen molar-refractivity contribution in [1.29, 1.82) is 0 Å². The summed E-state index contributed by atoms with van der Waals surface area (Å²) in [5.74, 6) is -1.60. The van der Waals surface area contributed by atoms with Crippen molar-refractivity contribution in [2.75, 3.05) is 10.5 Å². The van der Waals surface area contributed by atoms with E-state index in [4.69, 9.17) is 5.73 Å². The highest BCUT2D eigenvalue weighted by atomic mass is 79.9. The van der Waals surface area contributed by atoms with Crippen LogP contribution < -0.4 is 10.5 Å². The van der Waals surface area contributed by atoms with Crippen LogP contribution in [-0.4, -0.2) is 8.42 Å². The molecule has 0 amide bonds. The fourth-order valence-electron chi connectivity index (χ4n) is 1.69. The molecule has 0 aliphatic heterocycles. The van der Waals surface area contributed by atoms with Crippen LogP contribution in [0.2, 0.25) is 0 Å². The van der Waals surface area contributed by atoms with Crippen LogP contribution >= 0.6 is 15.9 Å². The Morgan fingerprint density at radius 2 is 1.81 bits per heavy atom. The van der Waals surface area contributed by atoms with Crippen molar-refractivity contribution in [1.82, 2.24) is 0 Å². The van der Waals surface area contributed by atoms with Crippen molar-refractivity contribution in [3.63, 3.8) is 0 Å². The van der Waals surface area contributed by atoms with E-state index in [0.29, 0.717) is 5.56 Å². The minimum atomic E-state index is -4.18. The summed E-state index contributed by atoms with van der Waals surface area (Å²) in [5.41, 5.74) is 6.01. The number of hydrogen-bond acceptors (Lipinski definition) is 3. The normalized spacial score (nSPS) is 11.4. The highest BCUT2D eigenvalue weighted by Crippen LogP contribution is 2.27. The first-order valence-electron chi connectivity index (χ1n) is 5.74. The lowest BCUT2D eigenvalue weighted by Crippen LogP contribution is -2.15. The third kappa shape index (κ3) is 3.33. The molecule has 112 valence electrons. The number of nitrogens with two attached hydrogens (primary N) is 1. The minimum Gasteiger partial charge on any atom is -0.399 e. The van der Waals surface area contributed by atoms with Gasteiger partial charge in [-0.3, -0.25) is 4.72 Å². The molecule has 21 heavy (non-hydrogen) atoms. The van der Waals surface area contributed by atoms with Crippen molar-refractivity contribution in [3.8, 4) is 0 Å².